The van der Waals surface area contributed by atoms with Crippen LogP contribution < -0.4 is 4.72 Å². The molecule has 0 bridgehead atoms. The number of rotatable bonds is 6. The van der Waals surface area contributed by atoms with Gasteiger partial charge in [-0.1, -0.05) is 6.07 Å². The molecule has 0 saturated carbocycles. The molecule has 6 nitrogen and oxygen atoms in total. The van der Waals surface area contributed by atoms with Crippen molar-refractivity contribution in [1.29, 1.82) is 0 Å². The van der Waals surface area contributed by atoms with Gasteiger partial charge in [0.15, 0.2) is 0 Å². The van der Waals surface area contributed by atoms with E-state index in [1.807, 2.05) is 0 Å². The molecule has 140 valence electrons. The minimum absolute atomic E-state index is 0.0309. The summed E-state index contributed by atoms with van der Waals surface area (Å²) in [5, 5.41) is 0. The Kier molecular flexibility index (Phi) is 6.47. The first-order chi connectivity index (χ1) is 11.7. The Hall–Kier alpha value is -1.58. The predicted molar refractivity (Wildman–Crippen MR) is 90.2 cm³/mol. The summed E-state index contributed by atoms with van der Waals surface area (Å²) >= 11 is 0. The molecule has 9 heteroatoms. The summed E-state index contributed by atoms with van der Waals surface area (Å²) in [5.74, 6) is -0.293. The van der Waals surface area contributed by atoms with Gasteiger partial charge in [-0.05, 0) is 32.0 Å². The van der Waals surface area contributed by atoms with Gasteiger partial charge >= 0.3 is 0 Å². The number of carbonyl (C=O) groups is 1. The number of piperazine rings is 1. The molecule has 1 aromatic rings. The Balaban J connectivity index is 2.07. The van der Waals surface area contributed by atoms with Crippen molar-refractivity contribution < 1.29 is 22.0 Å². The van der Waals surface area contributed by atoms with Crippen LogP contribution >= 0.6 is 0 Å². The van der Waals surface area contributed by atoms with Crippen LogP contribution in [-0.4, -0.2) is 69.3 Å². The highest BCUT2D eigenvalue weighted by Gasteiger charge is 2.25. The fraction of sp³-hybridized carbons (Fsp3) is 0.562. The quantitative estimate of drug-likeness (QED) is 0.816. The fourth-order valence-electron chi connectivity index (χ4n) is 2.69. The van der Waals surface area contributed by atoms with Crippen molar-refractivity contribution in [2.45, 2.75) is 31.2 Å². The molecule has 1 saturated heterocycles. The summed E-state index contributed by atoms with van der Waals surface area (Å²) in [6.07, 6.45) is -2.39. The smallest absolute Gasteiger partial charge is 0.253 e. The van der Waals surface area contributed by atoms with Crippen LogP contribution in [0.25, 0.3) is 0 Å². The van der Waals surface area contributed by atoms with Gasteiger partial charge in [0.25, 0.3) is 12.3 Å². The third kappa shape index (κ3) is 5.45. The van der Waals surface area contributed by atoms with Gasteiger partial charge in [-0.2, -0.15) is 0 Å². The number of carbonyl (C=O) groups excluding carboxylic acids is 1. The van der Waals surface area contributed by atoms with Crippen molar-refractivity contribution in [2.75, 3.05) is 32.7 Å². The minimum Gasteiger partial charge on any atom is -0.336 e. The first kappa shape index (κ1) is 19.7. The highest BCUT2D eigenvalue weighted by molar-refractivity contribution is 7.89. The van der Waals surface area contributed by atoms with Crippen LogP contribution in [-0.2, 0) is 10.0 Å². The van der Waals surface area contributed by atoms with E-state index in [0.29, 0.717) is 26.2 Å². The van der Waals surface area contributed by atoms with Gasteiger partial charge in [0.1, 0.15) is 0 Å². The molecular formula is C16H23F2N3O3S. The highest BCUT2D eigenvalue weighted by atomic mass is 32.2. The Labute approximate surface area is 146 Å². The topological polar surface area (TPSA) is 69.7 Å². The van der Waals surface area contributed by atoms with E-state index in [1.54, 1.807) is 29.7 Å². The van der Waals surface area contributed by atoms with Crippen LogP contribution in [0, 0.1) is 0 Å². The Morgan fingerprint density at radius 3 is 2.40 bits per heavy atom. The van der Waals surface area contributed by atoms with Crippen LogP contribution in [0.2, 0.25) is 0 Å². The summed E-state index contributed by atoms with van der Waals surface area (Å²) in [4.78, 5) is 15.8. The Bertz CT molecular complexity index is 702. The molecule has 0 unspecified atom stereocenters. The van der Waals surface area contributed by atoms with Crippen molar-refractivity contribution in [2.24, 2.45) is 0 Å². The maximum absolute atomic E-state index is 12.6. The molecule has 1 fully saturated rings. The second kappa shape index (κ2) is 8.20. The van der Waals surface area contributed by atoms with E-state index in [1.165, 1.54) is 18.2 Å². The summed E-state index contributed by atoms with van der Waals surface area (Å²) < 4.78 is 51.7. The number of nitrogens with zero attached hydrogens (tertiary/aromatic N) is 2. The van der Waals surface area contributed by atoms with Crippen LogP contribution in [0.3, 0.4) is 0 Å². The molecule has 25 heavy (non-hydrogen) atoms. The third-order valence-electron chi connectivity index (χ3n) is 3.84. The van der Waals surface area contributed by atoms with E-state index in [0.717, 1.165) is 0 Å². The summed E-state index contributed by atoms with van der Waals surface area (Å²) in [6.45, 7) is 4.57. The molecule has 1 aliphatic rings. The van der Waals surface area contributed by atoms with Gasteiger partial charge in [-0.15, -0.1) is 0 Å². The first-order valence-electron chi connectivity index (χ1n) is 8.11. The number of hydrogen-bond donors (Lipinski definition) is 1. The van der Waals surface area contributed by atoms with Gasteiger partial charge in [0.05, 0.1) is 11.4 Å². The van der Waals surface area contributed by atoms with Crippen molar-refractivity contribution in [3.8, 4) is 0 Å². The molecule has 1 amide bonds. The second-order valence-electron chi connectivity index (χ2n) is 6.29. The van der Waals surface area contributed by atoms with E-state index in [2.05, 4.69) is 4.72 Å². The van der Waals surface area contributed by atoms with Crippen LogP contribution in [0.1, 0.15) is 24.2 Å². The SMILES string of the molecule is CC(C)NS(=O)(=O)c1cccc(C(=O)N2CCN(CC(F)F)CC2)c1. The predicted octanol–water partition coefficient (Wildman–Crippen LogP) is 1.40. The lowest BCUT2D eigenvalue weighted by atomic mass is 10.2. The molecule has 1 heterocycles. The fourth-order valence-corrected chi connectivity index (χ4v) is 3.98. The third-order valence-corrected chi connectivity index (χ3v) is 5.49. The van der Waals surface area contributed by atoms with E-state index < -0.39 is 16.4 Å². The Morgan fingerprint density at radius 1 is 1.20 bits per heavy atom. The molecule has 1 aromatic carbocycles. The lowest BCUT2D eigenvalue weighted by molar-refractivity contribution is 0.0459. The average molecular weight is 375 g/mol. The minimum atomic E-state index is -3.68. The van der Waals surface area contributed by atoms with Crippen molar-refractivity contribution in [3.63, 3.8) is 0 Å². The van der Waals surface area contributed by atoms with Gasteiger partial charge in [0.2, 0.25) is 10.0 Å². The number of sulfonamides is 1. The molecule has 1 N–H and O–H groups in total. The molecule has 0 spiro atoms. The largest absolute Gasteiger partial charge is 0.336 e. The number of halogens is 2. The van der Waals surface area contributed by atoms with E-state index in [4.69, 9.17) is 0 Å². The van der Waals surface area contributed by atoms with Crippen LogP contribution in [0.5, 0.6) is 0 Å². The van der Waals surface area contributed by atoms with Crippen LogP contribution in [0.15, 0.2) is 29.2 Å². The maximum atomic E-state index is 12.6. The zero-order valence-electron chi connectivity index (χ0n) is 14.3. The van der Waals surface area contributed by atoms with Crippen molar-refractivity contribution >= 4 is 15.9 Å². The van der Waals surface area contributed by atoms with Gasteiger partial charge < -0.3 is 4.90 Å². The number of benzene rings is 1. The first-order valence-corrected chi connectivity index (χ1v) is 9.59. The molecule has 0 atom stereocenters. The number of alkyl halides is 2. The number of nitrogens with one attached hydrogen (secondary N) is 1. The number of hydrogen-bond acceptors (Lipinski definition) is 4. The molecule has 0 aliphatic carbocycles. The molecular weight excluding hydrogens is 352 g/mol. The molecule has 1 aliphatic heterocycles. The van der Waals surface area contributed by atoms with Crippen LogP contribution in [0.4, 0.5) is 8.78 Å². The highest BCUT2D eigenvalue weighted by Crippen LogP contribution is 2.15. The zero-order chi connectivity index (χ0) is 18.6. The molecule has 0 aromatic heterocycles. The van der Waals surface area contributed by atoms with E-state index in [9.17, 15) is 22.0 Å². The molecule has 2 rings (SSSR count). The monoisotopic (exact) mass is 375 g/mol. The maximum Gasteiger partial charge on any atom is 0.253 e. The summed E-state index contributed by atoms with van der Waals surface area (Å²) in [7, 11) is -3.68. The second-order valence-corrected chi connectivity index (χ2v) is 8.00. The lowest BCUT2D eigenvalue weighted by Gasteiger charge is -2.34. The van der Waals surface area contributed by atoms with Crippen molar-refractivity contribution in [1.82, 2.24) is 14.5 Å². The van der Waals surface area contributed by atoms with E-state index >= 15 is 0 Å². The van der Waals surface area contributed by atoms with Gasteiger partial charge in [-0.3, -0.25) is 9.69 Å². The summed E-state index contributed by atoms with van der Waals surface area (Å²) in [6, 6.07) is 5.60. The zero-order valence-corrected chi connectivity index (χ0v) is 15.1. The summed E-state index contributed by atoms with van der Waals surface area (Å²) in [5.41, 5.74) is 0.272. The number of amides is 1. The van der Waals surface area contributed by atoms with Gasteiger partial charge in [-0.25, -0.2) is 21.9 Å². The Morgan fingerprint density at radius 2 is 1.84 bits per heavy atom. The van der Waals surface area contributed by atoms with E-state index in [-0.39, 0.29) is 29.0 Å². The van der Waals surface area contributed by atoms with Gasteiger partial charge in [0, 0.05) is 37.8 Å². The normalized spacial score (nSPS) is 16.6. The average Bonchev–Trinajstić information content (AvgIpc) is 2.53. The molecule has 0 radical (unpaired) electrons. The van der Waals surface area contributed by atoms with Crippen molar-refractivity contribution in [3.05, 3.63) is 29.8 Å². The lowest BCUT2D eigenvalue weighted by Crippen LogP contribution is -2.49. The standard InChI is InChI=1S/C16H23F2N3O3S/c1-12(2)19-25(23,24)14-5-3-4-13(10-14)16(22)21-8-6-20(7-9-21)11-15(17)18/h3-5,10,12,15,19H,6-9,11H2,1-2H3.